The van der Waals surface area contributed by atoms with Gasteiger partial charge in [0.1, 0.15) is 5.92 Å². The second-order valence-electron chi connectivity index (χ2n) is 6.73. The van der Waals surface area contributed by atoms with E-state index in [1.54, 1.807) is 12.1 Å². The third-order valence-electron chi connectivity index (χ3n) is 4.27. The lowest BCUT2D eigenvalue weighted by atomic mass is 10.1. The summed E-state index contributed by atoms with van der Waals surface area (Å²) in [6, 6.07) is 5.41. The summed E-state index contributed by atoms with van der Waals surface area (Å²) in [5.41, 5.74) is 1.02. The molecule has 0 spiro atoms. The largest absolute Gasteiger partial charge is 0.377 e. The molecule has 1 aliphatic rings. The monoisotopic (exact) mass is 414 g/mol. The normalized spacial score (nSPS) is 17.1. The van der Waals surface area contributed by atoms with Gasteiger partial charge in [0.2, 0.25) is 11.7 Å². The van der Waals surface area contributed by atoms with Gasteiger partial charge in [-0.3, -0.25) is 14.4 Å². The van der Waals surface area contributed by atoms with E-state index in [-0.39, 0.29) is 12.6 Å². The summed E-state index contributed by atoms with van der Waals surface area (Å²) in [4.78, 5) is 37.7. The lowest BCUT2D eigenvalue weighted by Gasteiger charge is -2.16. The Morgan fingerprint density at radius 3 is 2.70 bits per heavy atom. The fraction of sp³-hybridized carbons (Fsp3) is 0.526. The topological polar surface area (TPSA) is 75.7 Å². The van der Waals surface area contributed by atoms with E-state index in [0.29, 0.717) is 42.6 Å². The van der Waals surface area contributed by atoms with E-state index < -0.39 is 23.5 Å². The maximum atomic E-state index is 12.3. The number of ether oxygens (including phenoxy) is 1. The van der Waals surface area contributed by atoms with Crippen molar-refractivity contribution < 1.29 is 19.1 Å². The smallest absolute Gasteiger partial charge is 0.290 e. The lowest BCUT2D eigenvalue weighted by Crippen LogP contribution is -2.36. The van der Waals surface area contributed by atoms with Crippen molar-refractivity contribution in [3.63, 3.8) is 0 Å². The molecule has 6 nitrogen and oxygen atoms in total. The van der Waals surface area contributed by atoms with Crippen LogP contribution in [-0.2, 0) is 25.5 Å². The summed E-state index contributed by atoms with van der Waals surface area (Å²) in [5.74, 6) is -2.61. The van der Waals surface area contributed by atoms with Gasteiger partial charge in [0.15, 0.2) is 0 Å². The van der Waals surface area contributed by atoms with Crippen LogP contribution >= 0.6 is 23.2 Å². The summed E-state index contributed by atoms with van der Waals surface area (Å²) in [5, 5.41) is 3.73. The Hall–Kier alpha value is -1.63. The van der Waals surface area contributed by atoms with Crippen LogP contribution in [0.1, 0.15) is 25.8 Å². The third-order valence-corrected chi connectivity index (χ3v) is 5.01. The second kappa shape index (κ2) is 10.1. The van der Waals surface area contributed by atoms with Crippen LogP contribution in [0, 0.1) is 5.92 Å². The number of carbonyl (C=O) groups is 3. The van der Waals surface area contributed by atoms with E-state index >= 15 is 0 Å². The number of nitrogens with zero attached hydrogens (tertiary/aromatic N) is 1. The molecule has 27 heavy (non-hydrogen) atoms. The molecule has 1 aromatic carbocycles. The maximum absolute atomic E-state index is 12.3. The molecule has 1 aliphatic heterocycles. The Morgan fingerprint density at radius 1 is 1.30 bits per heavy atom. The van der Waals surface area contributed by atoms with Gasteiger partial charge in [0.25, 0.3) is 5.91 Å². The molecule has 2 rings (SSSR count). The van der Waals surface area contributed by atoms with Gasteiger partial charge >= 0.3 is 0 Å². The minimum Gasteiger partial charge on any atom is -0.377 e. The van der Waals surface area contributed by atoms with E-state index in [1.165, 1.54) is 4.90 Å². The molecule has 0 saturated carbocycles. The van der Waals surface area contributed by atoms with Crippen LogP contribution in [0.4, 0.5) is 0 Å². The lowest BCUT2D eigenvalue weighted by molar-refractivity contribution is -0.142. The number of Topliss-reactive ketones (excluding diaryl/α,β-unsaturated/α-hetero) is 1. The molecule has 0 bridgehead atoms. The predicted octanol–water partition coefficient (Wildman–Crippen LogP) is 2.49. The van der Waals surface area contributed by atoms with Crippen molar-refractivity contribution in [1.29, 1.82) is 0 Å². The van der Waals surface area contributed by atoms with Gasteiger partial charge in [-0.25, -0.2) is 0 Å². The number of aryl methyl sites for hydroxylation is 1. The number of carbonyl (C=O) groups excluding carboxylic acids is 3. The van der Waals surface area contributed by atoms with Crippen LogP contribution in [0.2, 0.25) is 10.0 Å². The van der Waals surface area contributed by atoms with E-state index in [1.807, 2.05) is 19.9 Å². The summed E-state index contributed by atoms with van der Waals surface area (Å²) < 4.78 is 5.40. The van der Waals surface area contributed by atoms with Gasteiger partial charge in [0, 0.05) is 19.6 Å². The highest BCUT2D eigenvalue weighted by Crippen LogP contribution is 2.23. The first-order chi connectivity index (χ1) is 12.8. The molecule has 8 heteroatoms. The molecule has 0 radical (unpaired) electrons. The minimum absolute atomic E-state index is 0.0491. The van der Waals surface area contributed by atoms with Crippen molar-refractivity contribution in [2.24, 2.45) is 5.92 Å². The highest BCUT2D eigenvalue weighted by molar-refractivity contribution is 6.42. The summed E-state index contributed by atoms with van der Waals surface area (Å²) >= 11 is 11.9. The van der Waals surface area contributed by atoms with Gasteiger partial charge in [-0.1, -0.05) is 29.3 Å². The molecule has 1 fully saturated rings. The van der Waals surface area contributed by atoms with Crippen molar-refractivity contribution >= 4 is 40.8 Å². The number of hydrogen-bond donors (Lipinski definition) is 1. The minimum atomic E-state index is -0.943. The summed E-state index contributed by atoms with van der Waals surface area (Å²) in [6.07, 6.45) is 1.45. The second-order valence-corrected chi connectivity index (χ2v) is 7.54. The number of hydrogen-bond acceptors (Lipinski definition) is 4. The Bertz CT molecular complexity index is 709. The molecule has 1 unspecified atom stereocenters. The molecule has 1 heterocycles. The van der Waals surface area contributed by atoms with E-state index in [2.05, 4.69) is 5.32 Å². The van der Waals surface area contributed by atoms with Crippen molar-refractivity contribution in [2.75, 3.05) is 26.2 Å². The highest BCUT2D eigenvalue weighted by Gasteiger charge is 2.42. The van der Waals surface area contributed by atoms with Gasteiger partial charge < -0.3 is 15.0 Å². The maximum Gasteiger partial charge on any atom is 0.290 e. The Kier molecular flexibility index (Phi) is 8.07. The molecule has 1 saturated heterocycles. The van der Waals surface area contributed by atoms with Crippen molar-refractivity contribution in [1.82, 2.24) is 10.2 Å². The van der Waals surface area contributed by atoms with E-state index in [0.717, 1.165) is 5.56 Å². The van der Waals surface area contributed by atoms with Crippen LogP contribution in [-0.4, -0.2) is 54.8 Å². The molecule has 0 aliphatic carbocycles. The van der Waals surface area contributed by atoms with Gasteiger partial charge in [-0.2, -0.15) is 0 Å². The molecule has 1 N–H and O–H groups in total. The average Bonchev–Trinajstić information content (AvgIpc) is 2.90. The van der Waals surface area contributed by atoms with Crippen LogP contribution < -0.4 is 5.32 Å². The molecule has 0 aromatic heterocycles. The van der Waals surface area contributed by atoms with Gasteiger partial charge in [-0.15, -0.1) is 0 Å². The zero-order chi connectivity index (χ0) is 20.0. The molecule has 1 atom stereocenters. The van der Waals surface area contributed by atoms with Crippen molar-refractivity contribution in [3.8, 4) is 0 Å². The summed E-state index contributed by atoms with van der Waals surface area (Å²) in [7, 11) is 0. The fourth-order valence-electron chi connectivity index (χ4n) is 2.81. The standard InChI is InChI=1S/C19H24Cl2N2O4/c1-12(2)27-9-8-23-11-14(17(24)19(23)26)18(25)22-7-3-4-13-5-6-15(20)16(21)10-13/h5-6,10,12,14H,3-4,7-9,11H2,1-2H3,(H,22,25). The van der Waals surface area contributed by atoms with Gasteiger partial charge in [0.05, 0.1) is 22.8 Å². The number of rotatable bonds is 9. The zero-order valence-corrected chi connectivity index (χ0v) is 17.0. The fourth-order valence-corrected chi connectivity index (χ4v) is 3.13. The number of nitrogens with one attached hydrogen (secondary N) is 1. The number of halogens is 2. The molecular formula is C19H24Cl2N2O4. The van der Waals surface area contributed by atoms with E-state index in [9.17, 15) is 14.4 Å². The summed E-state index contributed by atoms with van der Waals surface area (Å²) in [6.45, 7) is 4.96. The van der Waals surface area contributed by atoms with Crippen LogP contribution in [0.25, 0.3) is 0 Å². The molecule has 1 aromatic rings. The third kappa shape index (κ3) is 6.19. The Labute approximate surface area is 169 Å². The first-order valence-corrected chi connectivity index (χ1v) is 9.71. The molecular weight excluding hydrogens is 391 g/mol. The van der Waals surface area contributed by atoms with Crippen LogP contribution in [0.15, 0.2) is 18.2 Å². The van der Waals surface area contributed by atoms with Crippen LogP contribution in [0.3, 0.4) is 0 Å². The molecule has 148 valence electrons. The Balaban J connectivity index is 1.75. The van der Waals surface area contributed by atoms with E-state index in [4.69, 9.17) is 27.9 Å². The number of likely N-dealkylation sites (tertiary alicyclic amines) is 1. The highest BCUT2D eigenvalue weighted by atomic mass is 35.5. The zero-order valence-electron chi connectivity index (χ0n) is 15.5. The van der Waals surface area contributed by atoms with Crippen molar-refractivity contribution in [2.45, 2.75) is 32.8 Å². The average molecular weight is 415 g/mol. The predicted molar refractivity (Wildman–Crippen MR) is 104 cm³/mol. The van der Waals surface area contributed by atoms with Crippen molar-refractivity contribution in [3.05, 3.63) is 33.8 Å². The quantitative estimate of drug-likeness (QED) is 0.382. The number of amides is 2. The SMILES string of the molecule is CC(C)OCCN1CC(C(=O)NCCCc2ccc(Cl)c(Cl)c2)C(=O)C1=O. The van der Waals surface area contributed by atoms with Crippen LogP contribution in [0.5, 0.6) is 0 Å². The first kappa shape index (κ1) is 21.7. The first-order valence-electron chi connectivity index (χ1n) is 8.96. The number of benzene rings is 1. The Morgan fingerprint density at radius 2 is 2.04 bits per heavy atom. The van der Waals surface area contributed by atoms with Gasteiger partial charge in [-0.05, 0) is 44.4 Å². The molecule has 2 amide bonds. The number of ketones is 1.